The number of hydrogen-bond acceptors (Lipinski definition) is 4. The van der Waals surface area contributed by atoms with E-state index in [1.54, 1.807) is 18.0 Å². The molecule has 0 N–H and O–H groups in total. The Balaban J connectivity index is 1.43. The van der Waals surface area contributed by atoms with Crippen molar-refractivity contribution in [1.29, 1.82) is 0 Å². The van der Waals surface area contributed by atoms with Gasteiger partial charge in [-0.05, 0) is 74.0 Å². The molecule has 4 aliphatic carbocycles. The number of thiol groups is 1. The Labute approximate surface area is 146 Å². The minimum absolute atomic E-state index is 0.0498. The molecule has 5 fully saturated rings. The van der Waals surface area contributed by atoms with Crippen molar-refractivity contribution >= 4 is 36.4 Å². The van der Waals surface area contributed by atoms with Crippen LogP contribution >= 0.6 is 24.4 Å². The molecule has 5 heteroatoms. The third-order valence-electron chi connectivity index (χ3n) is 6.23. The molecule has 122 valence electrons. The fraction of sp³-hybridized carbons (Fsp3) is 0.611. The predicted octanol–water partition coefficient (Wildman–Crippen LogP) is 4.23. The Morgan fingerprint density at radius 2 is 1.87 bits per heavy atom. The fourth-order valence-corrected chi connectivity index (χ4v) is 7.25. The van der Waals surface area contributed by atoms with E-state index < -0.39 is 0 Å². The largest absolute Gasteiger partial charge is 0.465 e. The summed E-state index contributed by atoms with van der Waals surface area (Å²) < 4.78 is 5.32. The highest BCUT2D eigenvalue weighted by Crippen LogP contribution is 2.57. The molecule has 6 rings (SSSR count). The van der Waals surface area contributed by atoms with Crippen molar-refractivity contribution in [2.75, 3.05) is 0 Å². The summed E-state index contributed by atoms with van der Waals surface area (Å²) >= 11 is 6.31. The van der Waals surface area contributed by atoms with Crippen LogP contribution in [0.4, 0.5) is 0 Å². The molecule has 0 radical (unpaired) electrons. The Morgan fingerprint density at radius 1 is 1.17 bits per heavy atom. The minimum atomic E-state index is -0.0498. The van der Waals surface area contributed by atoms with Gasteiger partial charge in [0.2, 0.25) is 0 Å². The molecule has 23 heavy (non-hydrogen) atoms. The van der Waals surface area contributed by atoms with Gasteiger partial charge < -0.3 is 9.32 Å². The maximum Gasteiger partial charge on any atom is 0.262 e. The van der Waals surface area contributed by atoms with Crippen LogP contribution in [0.3, 0.4) is 0 Å². The van der Waals surface area contributed by atoms with E-state index in [4.69, 9.17) is 17.0 Å². The number of amides is 1. The Bertz CT molecular complexity index is 626. The van der Waals surface area contributed by atoms with Crippen LogP contribution in [0.15, 0.2) is 27.7 Å². The molecule has 1 unspecified atom stereocenters. The molecule has 4 saturated carbocycles. The van der Waals surface area contributed by atoms with Crippen LogP contribution < -0.4 is 0 Å². The van der Waals surface area contributed by atoms with Gasteiger partial charge in [0.25, 0.3) is 5.91 Å². The normalized spacial score (nSPS) is 43.8. The molecule has 0 aromatic carbocycles. The van der Waals surface area contributed by atoms with Gasteiger partial charge in [-0.25, -0.2) is 0 Å². The first-order valence-electron chi connectivity index (χ1n) is 8.61. The quantitative estimate of drug-likeness (QED) is 0.642. The molecular weight excluding hydrogens is 326 g/mol. The van der Waals surface area contributed by atoms with Crippen molar-refractivity contribution in [3.8, 4) is 0 Å². The van der Waals surface area contributed by atoms with Crippen LogP contribution in [-0.4, -0.2) is 21.6 Å². The molecule has 1 amide bonds. The zero-order valence-electron chi connectivity index (χ0n) is 12.9. The van der Waals surface area contributed by atoms with Crippen molar-refractivity contribution in [3.05, 3.63) is 29.1 Å². The summed E-state index contributed by atoms with van der Waals surface area (Å²) in [6, 6.07) is 4.15. The molecule has 3 nitrogen and oxygen atoms in total. The van der Waals surface area contributed by atoms with Gasteiger partial charge >= 0.3 is 0 Å². The van der Waals surface area contributed by atoms with E-state index in [2.05, 4.69) is 4.90 Å². The summed E-state index contributed by atoms with van der Waals surface area (Å²) in [7, 11) is 0. The Hall–Kier alpha value is -0.810. The van der Waals surface area contributed by atoms with Gasteiger partial charge in [0.15, 0.2) is 0 Å². The molecule has 1 aliphatic heterocycles. The molecule has 1 aromatic heterocycles. The number of rotatable bonds is 2. The Morgan fingerprint density at radius 3 is 2.48 bits per heavy atom. The van der Waals surface area contributed by atoms with Gasteiger partial charge in [-0.1, -0.05) is 11.8 Å². The first-order chi connectivity index (χ1) is 11.2. The summed E-state index contributed by atoms with van der Waals surface area (Å²) in [6.07, 6.45) is 10.2. The lowest BCUT2D eigenvalue weighted by molar-refractivity contribution is -0.136. The van der Waals surface area contributed by atoms with Gasteiger partial charge in [0.1, 0.15) is 10.5 Å². The second kappa shape index (κ2) is 5.35. The zero-order chi connectivity index (χ0) is 15.6. The lowest BCUT2D eigenvalue weighted by Crippen LogP contribution is -2.57. The van der Waals surface area contributed by atoms with Crippen molar-refractivity contribution in [2.24, 2.45) is 23.7 Å². The standard InChI is InChI=1S/C18H21NO2S2/c20-17-15(9-14-2-1-3-21-14)23-18(22)19(17)16-12-5-10-4-11(7-12)8-13(16)6-10/h1-3,9-13,16,18,22H,4-8H2/b15-9-. The predicted molar refractivity (Wildman–Crippen MR) is 94.7 cm³/mol. The lowest BCUT2D eigenvalue weighted by Gasteiger charge is -2.56. The third kappa shape index (κ3) is 2.30. The van der Waals surface area contributed by atoms with E-state index in [1.165, 1.54) is 32.1 Å². The van der Waals surface area contributed by atoms with E-state index in [1.807, 2.05) is 18.2 Å². The van der Waals surface area contributed by atoms with E-state index in [0.717, 1.165) is 22.5 Å². The topological polar surface area (TPSA) is 33.5 Å². The van der Waals surface area contributed by atoms with Gasteiger partial charge in [-0.2, -0.15) is 0 Å². The van der Waals surface area contributed by atoms with Crippen LogP contribution in [-0.2, 0) is 4.79 Å². The number of thioether (sulfide) groups is 1. The number of nitrogens with zero attached hydrogens (tertiary/aromatic N) is 1. The highest BCUT2D eigenvalue weighted by atomic mass is 32.2. The average molecular weight is 348 g/mol. The second-order valence-corrected chi connectivity index (χ2v) is 9.56. The van der Waals surface area contributed by atoms with E-state index >= 15 is 0 Å². The van der Waals surface area contributed by atoms with Crippen molar-refractivity contribution < 1.29 is 9.21 Å². The van der Waals surface area contributed by atoms with Crippen LogP contribution in [0, 0.1) is 23.7 Å². The Kier molecular flexibility index (Phi) is 3.38. The molecular formula is C18H21NO2S2. The van der Waals surface area contributed by atoms with Crippen LogP contribution in [0.2, 0.25) is 0 Å². The van der Waals surface area contributed by atoms with Crippen LogP contribution in [0.1, 0.15) is 37.9 Å². The van der Waals surface area contributed by atoms with Crippen molar-refractivity contribution in [2.45, 2.75) is 42.9 Å². The smallest absolute Gasteiger partial charge is 0.262 e. The molecule has 1 atom stereocenters. The average Bonchev–Trinajstić information content (AvgIpc) is 3.10. The second-order valence-electron chi connectivity index (χ2n) is 7.60. The zero-order valence-corrected chi connectivity index (χ0v) is 14.6. The number of carbonyl (C=O) groups excluding carboxylic acids is 1. The number of carbonyl (C=O) groups is 1. The van der Waals surface area contributed by atoms with Gasteiger partial charge in [0.05, 0.1) is 11.2 Å². The summed E-state index contributed by atoms with van der Waals surface area (Å²) in [5.41, 5.74) is 0. The van der Waals surface area contributed by atoms with Gasteiger partial charge in [-0.15, -0.1) is 12.6 Å². The highest BCUT2D eigenvalue weighted by Gasteiger charge is 2.53. The van der Waals surface area contributed by atoms with Crippen molar-refractivity contribution in [1.82, 2.24) is 4.90 Å². The maximum absolute atomic E-state index is 13.0. The SMILES string of the molecule is O=C1/C(=C/c2ccco2)SC(S)N1C1C2CC3CC(C2)CC1C3. The van der Waals surface area contributed by atoms with Crippen molar-refractivity contribution in [3.63, 3.8) is 0 Å². The van der Waals surface area contributed by atoms with Crippen LogP contribution in [0.5, 0.6) is 0 Å². The molecule has 0 spiro atoms. The maximum atomic E-state index is 13.0. The lowest BCUT2D eigenvalue weighted by atomic mass is 9.54. The molecule has 5 aliphatic rings. The molecule has 1 aromatic rings. The molecule has 2 heterocycles. The van der Waals surface area contributed by atoms with E-state index in [-0.39, 0.29) is 10.6 Å². The minimum Gasteiger partial charge on any atom is -0.465 e. The summed E-state index contributed by atoms with van der Waals surface area (Å²) in [5, 5.41) is 0. The summed E-state index contributed by atoms with van der Waals surface area (Å²) in [4.78, 5) is 15.9. The highest BCUT2D eigenvalue weighted by molar-refractivity contribution is 8.14. The van der Waals surface area contributed by atoms with Gasteiger partial charge in [0, 0.05) is 6.04 Å². The summed E-state index contributed by atoms with van der Waals surface area (Å²) in [6.45, 7) is 0. The monoisotopic (exact) mass is 347 g/mol. The van der Waals surface area contributed by atoms with Crippen LogP contribution in [0.25, 0.3) is 6.08 Å². The first-order valence-corrected chi connectivity index (χ1v) is 10.0. The number of hydrogen-bond donors (Lipinski definition) is 1. The fourth-order valence-electron chi connectivity index (χ4n) is 5.68. The first kappa shape index (κ1) is 14.5. The van der Waals surface area contributed by atoms with Gasteiger partial charge in [-0.3, -0.25) is 4.79 Å². The number of furan rings is 1. The summed E-state index contributed by atoms with van der Waals surface area (Å²) in [5.74, 6) is 4.16. The molecule has 4 bridgehead atoms. The van der Waals surface area contributed by atoms with E-state index in [0.29, 0.717) is 17.9 Å². The molecule has 1 saturated heterocycles. The van der Waals surface area contributed by atoms with E-state index in [9.17, 15) is 4.79 Å². The third-order valence-corrected chi connectivity index (χ3v) is 7.78.